The van der Waals surface area contributed by atoms with Crippen molar-refractivity contribution in [1.82, 2.24) is 4.57 Å². The summed E-state index contributed by atoms with van der Waals surface area (Å²) in [5.74, 6) is 0.388. The Bertz CT molecular complexity index is 1080. The van der Waals surface area contributed by atoms with E-state index in [1.807, 2.05) is 36.4 Å². The van der Waals surface area contributed by atoms with Crippen molar-refractivity contribution in [2.75, 3.05) is 11.1 Å². The molecular formula is C24H22N2OS. The molecule has 4 aromatic rings. The van der Waals surface area contributed by atoms with Gasteiger partial charge in [0.25, 0.3) is 0 Å². The van der Waals surface area contributed by atoms with E-state index in [0.29, 0.717) is 5.75 Å². The summed E-state index contributed by atoms with van der Waals surface area (Å²) in [6.07, 6.45) is 2.16. The van der Waals surface area contributed by atoms with Crippen LogP contribution in [0.25, 0.3) is 10.9 Å². The lowest BCUT2D eigenvalue weighted by Gasteiger charge is -2.06. The number of fused-ring (bicyclic) bond motifs is 1. The number of carbonyl (C=O) groups excluding carboxylic acids is 1. The van der Waals surface area contributed by atoms with E-state index in [1.54, 1.807) is 11.8 Å². The number of aromatic nitrogens is 1. The van der Waals surface area contributed by atoms with Crippen LogP contribution in [-0.4, -0.2) is 16.2 Å². The van der Waals surface area contributed by atoms with Gasteiger partial charge in [-0.15, -0.1) is 11.8 Å². The van der Waals surface area contributed by atoms with Crippen LogP contribution < -0.4 is 5.32 Å². The molecule has 0 bridgehead atoms. The fraction of sp³-hybridized carbons (Fsp3) is 0.125. The number of thioether (sulfide) groups is 1. The van der Waals surface area contributed by atoms with Crippen LogP contribution in [0.2, 0.25) is 0 Å². The minimum Gasteiger partial charge on any atom is -0.342 e. The van der Waals surface area contributed by atoms with E-state index < -0.39 is 0 Å². The van der Waals surface area contributed by atoms with E-state index in [9.17, 15) is 4.79 Å². The van der Waals surface area contributed by atoms with Crippen LogP contribution in [0.1, 0.15) is 11.1 Å². The second kappa shape index (κ2) is 8.36. The van der Waals surface area contributed by atoms with Crippen molar-refractivity contribution in [2.24, 2.45) is 0 Å². The van der Waals surface area contributed by atoms with E-state index in [1.165, 1.54) is 22.0 Å². The van der Waals surface area contributed by atoms with E-state index in [-0.39, 0.29) is 5.91 Å². The van der Waals surface area contributed by atoms with Gasteiger partial charge in [0.05, 0.1) is 5.75 Å². The smallest absolute Gasteiger partial charge is 0.234 e. The van der Waals surface area contributed by atoms with Crippen LogP contribution in [0.3, 0.4) is 0 Å². The van der Waals surface area contributed by atoms with Crippen LogP contribution in [0, 0.1) is 6.92 Å². The van der Waals surface area contributed by atoms with Crippen LogP contribution in [0.5, 0.6) is 0 Å². The second-order valence-corrected chi connectivity index (χ2v) is 7.84. The molecule has 0 saturated heterocycles. The van der Waals surface area contributed by atoms with E-state index in [0.717, 1.165) is 17.1 Å². The molecular weight excluding hydrogens is 364 g/mol. The molecule has 3 nitrogen and oxygen atoms in total. The molecule has 3 aromatic carbocycles. The number of para-hydroxylation sites is 2. The zero-order valence-electron chi connectivity index (χ0n) is 15.8. The molecule has 0 aliphatic rings. The van der Waals surface area contributed by atoms with Gasteiger partial charge < -0.3 is 9.88 Å². The maximum Gasteiger partial charge on any atom is 0.234 e. The highest BCUT2D eigenvalue weighted by Crippen LogP contribution is 2.30. The zero-order chi connectivity index (χ0) is 19.3. The molecule has 1 amide bonds. The number of nitrogens with one attached hydrogen (secondary N) is 1. The van der Waals surface area contributed by atoms with Gasteiger partial charge in [0.1, 0.15) is 0 Å². The Morgan fingerprint density at radius 3 is 2.43 bits per heavy atom. The van der Waals surface area contributed by atoms with Gasteiger partial charge in [0.2, 0.25) is 5.91 Å². The summed E-state index contributed by atoms with van der Waals surface area (Å²) in [5.41, 5.74) is 4.55. The third-order valence-electron chi connectivity index (χ3n) is 4.64. The van der Waals surface area contributed by atoms with Gasteiger partial charge in [-0.05, 0) is 30.7 Å². The van der Waals surface area contributed by atoms with E-state index in [2.05, 4.69) is 65.5 Å². The minimum atomic E-state index is 0.00608. The molecule has 0 fully saturated rings. The molecule has 1 N–H and O–H groups in total. The number of amides is 1. The number of hydrogen-bond donors (Lipinski definition) is 1. The highest BCUT2D eigenvalue weighted by atomic mass is 32.2. The molecule has 0 unspecified atom stereocenters. The minimum absolute atomic E-state index is 0.00608. The lowest BCUT2D eigenvalue weighted by atomic mass is 10.1. The van der Waals surface area contributed by atoms with Gasteiger partial charge in [-0.25, -0.2) is 0 Å². The molecule has 0 aliphatic heterocycles. The van der Waals surface area contributed by atoms with Crippen LogP contribution in [-0.2, 0) is 11.3 Å². The van der Waals surface area contributed by atoms with Crippen molar-refractivity contribution in [2.45, 2.75) is 18.4 Å². The Labute approximate surface area is 169 Å². The lowest BCUT2D eigenvalue weighted by molar-refractivity contribution is -0.113. The largest absolute Gasteiger partial charge is 0.342 e. The van der Waals surface area contributed by atoms with Crippen molar-refractivity contribution in [3.05, 3.63) is 96.2 Å². The Balaban J connectivity index is 1.51. The van der Waals surface area contributed by atoms with Crippen molar-refractivity contribution >= 4 is 34.3 Å². The third-order valence-corrected chi connectivity index (χ3v) is 5.68. The summed E-state index contributed by atoms with van der Waals surface area (Å²) >= 11 is 1.58. The molecule has 4 rings (SSSR count). The molecule has 4 heteroatoms. The molecule has 0 saturated carbocycles. The summed E-state index contributed by atoms with van der Waals surface area (Å²) in [6, 6.07) is 26.6. The highest BCUT2D eigenvalue weighted by molar-refractivity contribution is 8.00. The number of carbonyl (C=O) groups is 1. The average Bonchev–Trinajstić information content (AvgIpc) is 3.07. The predicted molar refractivity (Wildman–Crippen MR) is 118 cm³/mol. The predicted octanol–water partition coefficient (Wildman–Crippen LogP) is 5.73. The summed E-state index contributed by atoms with van der Waals surface area (Å²) in [7, 11) is 0. The summed E-state index contributed by atoms with van der Waals surface area (Å²) in [6.45, 7) is 2.92. The first-order valence-electron chi connectivity index (χ1n) is 9.30. The highest BCUT2D eigenvalue weighted by Gasteiger charge is 2.11. The average molecular weight is 387 g/mol. The quantitative estimate of drug-likeness (QED) is 0.430. The number of anilines is 1. The summed E-state index contributed by atoms with van der Waals surface area (Å²) < 4.78 is 2.26. The van der Waals surface area contributed by atoms with Crippen LogP contribution >= 0.6 is 11.8 Å². The third kappa shape index (κ3) is 4.29. The molecule has 28 heavy (non-hydrogen) atoms. The van der Waals surface area contributed by atoms with E-state index >= 15 is 0 Å². The van der Waals surface area contributed by atoms with Gasteiger partial charge in [0, 0.05) is 34.2 Å². The fourth-order valence-corrected chi connectivity index (χ4v) is 4.10. The molecule has 0 radical (unpaired) electrons. The Morgan fingerprint density at radius 2 is 1.64 bits per heavy atom. The molecule has 140 valence electrons. The molecule has 0 aliphatic carbocycles. The van der Waals surface area contributed by atoms with Crippen molar-refractivity contribution < 1.29 is 4.79 Å². The normalized spacial score (nSPS) is 10.9. The van der Waals surface area contributed by atoms with Gasteiger partial charge in [-0.1, -0.05) is 66.2 Å². The molecule has 0 atom stereocenters. The first-order valence-corrected chi connectivity index (χ1v) is 10.3. The molecule has 0 spiro atoms. The summed E-state index contributed by atoms with van der Waals surface area (Å²) in [4.78, 5) is 13.4. The van der Waals surface area contributed by atoms with Gasteiger partial charge in [-0.3, -0.25) is 4.79 Å². The van der Waals surface area contributed by atoms with Gasteiger partial charge >= 0.3 is 0 Å². The number of benzene rings is 3. The number of nitrogens with zero attached hydrogens (tertiary/aromatic N) is 1. The van der Waals surface area contributed by atoms with E-state index in [4.69, 9.17) is 0 Å². The molecule has 1 heterocycles. The second-order valence-electron chi connectivity index (χ2n) is 6.83. The monoisotopic (exact) mass is 386 g/mol. The fourth-order valence-electron chi connectivity index (χ4n) is 3.21. The Kier molecular flexibility index (Phi) is 5.49. The lowest BCUT2D eigenvalue weighted by Crippen LogP contribution is -2.13. The van der Waals surface area contributed by atoms with Crippen LogP contribution in [0.15, 0.2) is 90.0 Å². The van der Waals surface area contributed by atoms with Crippen LogP contribution in [0.4, 0.5) is 5.69 Å². The maximum atomic E-state index is 12.3. The van der Waals surface area contributed by atoms with Crippen molar-refractivity contribution in [3.8, 4) is 0 Å². The maximum absolute atomic E-state index is 12.3. The number of rotatable bonds is 6. The Morgan fingerprint density at radius 1 is 0.929 bits per heavy atom. The standard InChI is InChI=1S/C24H22N2OS/c1-18-11-13-19(14-12-18)15-26-16-23(21-9-5-6-10-22(21)26)28-17-24(27)25-20-7-3-2-4-8-20/h2-14,16H,15,17H2,1H3,(H,25,27). The first kappa shape index (κ1) is 18.4. The Hall–Kier alpha value is -2.98. The first-order chi connectivity index (χ1) is 13.7. The van der Waals surface area contributed by atoms with Gasteiger partial charge in [0.15, 0.2) is 0 Å². The summed E-state index contributed by atoms with van der Waals surface area (Å²) in [5, 5.41) is 4.13. The van der Waals surface area contributed by atoms with Gasteiger partial charge in [-0.2, -0.15) is 0 Å². The number of hydrogen-bond acceptors (Lipinski definition) is 2. The topological polar surface area (TPSA) is 34.0 Å². The number of aryl methyl sites for hydroxylation is 1. The van der Waals surface area contributed by atoms with Crippen molar-refractivity contribution in [3.63, 3.8) is 0 Å². The van der Waals surface area contributed by atoms with Crippen molar-refractivity contribution in [1.29, 1.82) is 0 Å². The SMILES string of the molecule is Cc1ccc(Cn2cc(SCC(=O)Nc3ccccc3)c3ccccc32)cc1. The zero-order valence-corrected chi connectivity index (χ0v) is 16.6. The molecule has 1 aromatic heterocycles.